The molecule has 37 heavy (non-hydrogen) atoms. The molecule has 0 heterocycles. The van der Waals surface area contributed by atoms with Crippen molar-refractivity contribution in [1.82, 2.24) is 31.9 Å². The molecule has 0 unspecified atom stereocenters. The maximum Gasteiger partial charge on any atom is 0.00772 e. The van der Waals surface area contributed by atoms with Crippen molar-refractivity contribution in [3.8, 4) is 0 Å². The van der Waals surface area contributed by atoms with Crippen molar-refractivity contribution in [2.24, 2.45) is 34.4 Å². The zero-order valence-electron chi connectivity index (χ0n) is 25.3. The second kappa shape index (κ2) is 60.2. The van der Waals surface area contributed by atoms with Crippen molar-refractivity contribution < 1.29 is 0 Å². The number of rotatable bonds is 23. The van der Waals surface area contributed by atoms with Gasteiger partial charge >= 0.3 is 0 Å². The first-order valence-electron chi connectivity index (χ1n) is 14.6. The Morgan fingerprint density at radius 1 is 0.351 bits per heavy atom. The maximum atomic E-state index is 5.44. The third-order valence-electron chi connectivity index (χ3n) is 4.03. The normalized spacial score (nSPS) is 9.57. The van der Waals surface area contributed by atoms with Gasteiger partial charge in [-0.2, -0.15) is 0 Å². The van der Waals surface area contributed by atoms with Crippen LogP contribution < -0.4 is 66.3 Å². The van der Waals surface area contributed by atoms with Crippen LogP contribution in [0.5, 0.6) is 0 Å². The molecule has 0 aromatic carbocycles. The molecule has 12 nitrogen and oxygen atoms in total. The van der Waals surface area contributed by atoms with Gasteiger partial charge in [-0.25, -0.2) is 0 Å². The molecule has 0 saturated carbocycles. The minimum absolute atomic E-state index is 0.694. The molecular formula is C25H72N12. The predicted octanol–water partition coefficient (Wildman–Crippen LogP) is -2.53. The van der Waals surface area contributed by atoms with Gasteiger partial charge in [0.2, 0.25) is 0 Å². The lowest BCUT2D eigenvalue weighted by molar-refractivity contribution is 0.556. The van der Waals surface area contributed by atoms with Gasteiger partial charge in [-0.15, -0.1) is 0 Å². The minimum atomic E-state index is 0.694. The fourth-order valence-electron chi connectivity index (χ4n) is 2.31. The molecule has 0 fully saturated rings. The maximum absolute atomic E-state index is 5.44. The van der Waals surface area contributed by atoms with Gasteiger partial charge < -0.3 is 66.3 Å². The lowest BCUT2D eigenvalue weighted by Crippen LogP contribution is -2.36. The van der Waals surface area contributed by atoms with Crippen molar-refractivity contribution in [2.45, 2.75) is 47.0 Å². The summed E-state index contributed by atoms with van der Waals surface area (Å²) < 4.78 is 0. The van der Waals surface area contributed by atoms with Crippen molar-refractivity contribution in [2.75, 3.05) is 118 Å². The van der Waals surface area contributed by atoms with Gasteiger partial charge in [-0.05, 0) is 39.0 Å². The standard InChI is InChI=1S/C13H34N6.C4H13N3.C4H12N2.C2H7N.C2H6/c14-4-2-1-3-6-16-8-10-18-12-13-19-11-9-17-7-5-15;5-1-3-7-4-2-6;1-2-6-4-3-5;1-2-3;1-2/h16-19H,1-15H2;7H,1-6H2;6H,2-5H2,1H3;2-3H2,1H3;1-2H3. The van der Waals surface area contributed by atoms with Crippen LogP contribution in [0.2, 0.25) is 0 Å². The summed E-state index contributed by atoms with van der Waals surface area (Å²) in [5.41, 5.74) is 31.1. The van der Waals surface area contributed by atoms with Crippen molar-refractivity contribution in [3.63, 3.8) is 0 Å². The van der Waals surface area contributed by atoms with E-state index in [4.69, 9.17) is 34.4 Å². The van der Waals surface area contributed by atoms with Crippen LogP contribution in [0.4, 0.5) is 0 Å². The number of nitrogens with one attached hydrogen (secondary N) is 6. The van der Waals surface area contributed by atoms with Gasteiger partial charge in [-0.3, -0.25) is 0 Å². The van der Waals surface area contributed by atoms with Gasteiger partial charge in [0.1, 0.15) is 0 Å². The summed E-state index contributed by atoms with van der Waals surface area (Å²) in [6.45, 7) is 24.2. The Morgan fingerprint density at radius 2 is 0.649 bits per heavy atom. The van der Waals surface area contributed by atoms with E-state index < -0.39 is 0 Å². The second-order valence-corrected chi connectivity index (χ2v) is 7.52. The number of hydrogen-bond donors (Lipinski definition) is 12. The lowest BCUT2D eigenvalue weighted by Gasteiger charge is -2.08. The molecule has 0 radical (unpaired) electrons. The smallest absolute Gasteiger partial charge is 0.00772 e. The van der Waals surface area contributed by atoms with Crippen LogP contribution in [0, 0.1) is 0 Å². The average Bonchev–Trinajstić information content (AvgIpc) is 2.92. The highest BCUT2D eigenvalue weighted by Crippen LogP contribution is 1.90. The first kappa shape index (κ1) is 46.4. The van der Waals surface area contributed by atoms with E-state index in [1.54, 1.807) is 0 Å². The Bertz CT molecular complexity index is 266. The molecule has 18 N–H and O–H groups in total. The second-order valence-electron chi connectivity index (χ2n) is 7.52. The molecule has 0 bridgehead atoms. The Labute approximate surface area is 231 Å². The Balaban J connectivity index is -0.000000155. The van der Waals surface area contributed by atoms with Crippen LogP contribution >= 0.6 is 0 Å². The van der Waals surface area contributed by atoms with E-state index in [-0.39, 0.29) is 0 Å². The van der Waals surface area contributed by atoms with Crippen LogP contribution in [-0.4, -0.2) is 118 Å². The van der Waals surface area contributed by atoms with Crippen LogP contribution in [0.15, 0.2) is 0 Å². The molecule has 0 amide bonds. The summed E-state index contributed by atoms with van der Waals surface area (Å²) in [4.78, 5) is 0. The summed E-state index contributed by atoms with van der Waals surface area (Å²) in [7, 11) is 0. The number of unbranched alkanes of at least 4 members (excludes halogenated alkanes) is 2. The topological polar surface area (TPSA) is 228 Å². The molecule has 12 heteroatoms. The molecular weight excluding hydrogens is 468 g/mol. The Kier molecular flexibility index (Phi) is 75.4. The van der Waals surface area contributed by atoms with E-state index in [1.807, 2.05) is 20.8 Å². The van der Waals surface area contributed by atoms with Gasteiger partial charge in [0, 0.05) is 91.6 Å². The zero-order chi connectivity index (χ0) is 29.1. The van der Waals surface area contributed by atoms with Crippen molar-refractivity contribution >= 4 is 0 Å². The van der Waals surface area contributed by atoms with Crippen LogP contribution in [0.1, 0.15) is 47.0 Å². The first-order chi connectivity index (χ1) is 18.2. The summed E-state index contributed by atoms with van der Waals surface area (Å²) in [6.07, 6.45) is 3.61. The molecule has 0 rings (SSSR count). The van der Waals surface area contributed by atoms with E-state index in [2.05, 4.69) is 38.8 Å². The van der Waals surface area contributed by atoms with Gasteiger partial charge in [0.25, 0.3) is 0 Å². The predicted molar refractivity (Wildman–Crippen MR) is 168 cm³/mol. The average molecular weight is 541 g/mol. The Morgan fingerprint density at radius 3 is 0.946 bits per heavy atom. The van der Waals surface area contributed by atoms with Crippen LogP contribution in [0.25, 0.3) is 0 Å². The SMILES string of the molecule is CC.CCN.CCNCCN.NCCCCCNCCNCCNCCNCCN.NCCNCCN. The highest BCUT2D eigenvalue weighted by molar-refractivity contribution is 4.57. The lowest BCUT2D eigenvalue weighted by atomic mass is 10.2. The van der Waals surface area contributed by atoms with E-state index in [0.29, 0.717) is 19.6 Å². The Hall–Kier alpha value is -0.480. The van der Waals surface area contributed by atoms with Crippen molar-refractivity contribution in [3.05, 3.63) is 0 Å². The van der Waals surface area contributed by atoms with Crippen LogP contribution in [-0.2, 0) is 0 Å². The summed E-state index contributed by atoms with van der Waals surface area (Å²) in [5.74, 6) is 0. The first-order valence-corrected chi connectivity index (χ1v) is 14.6. The highest BCUT2D eigenvalue weighted by atomic mass is 15.0. The van der Waals surface area contributed by atoms with E-state index in [0.717, 1.165) is 105 Å². The van der Waals surface area contributed by atoms with E-state index in [9.17, 15) is 0 Å². The molecule has 0 aliphatic carbocycles. The third-order valence-corrected chi connectivity index (χ3v) is 4.03. The monoisotopic (exact) mass is 541 g/mol. The van der Waals surface area contributed by atoms with Crippen molar-refractivity contribution in [1.29, 1.82) is 0 Å². The van der Waals surface area contributed by atoms with Gasteiger partial charge in [-0.1, -0.05) is 34.1 Å². The van der Waals surface area contributed by atoms with E-state index in [1.165, 1.54) is 12.8 Å². The summed E-state index contributed by atoms with van der Waals surface area (Å²) in [5, 5.41) is 19.6. The molecule has 0 aromatic rings. The number of hydrogen-bond acceptors (Lipinski definition) is 12. The molecule has 0 atom stereocenters. The molecule has 0 aromatic heterocycles. The molecule has 232 valence electrons. The molecule has 0 aliphatic heterocycles. The third kappa shape index (κ3) is 78.7. The highest BCUT2D eigenvalue weighted by Gasteiger charge is 1.90. The van der Waals surface area contributed by atoms with E-state index >= 15 is 0 Å². The zero-order valence-corrected chi connectivity index (χ0v) is 25.3. The summed E-state index contributed by atoms with van der Waals surface area (Å²) in [6, 6.07) is 0. The largest absolute Gasteiger partial charge is 0.331 e. The molecule has 0 spiro atoms. The summed E-state index contributed by atoms with van der Waals surface area (Å²) >= 11 is 0. The number of nitrogens with two attached hydrogens (primary N) is 6. The minimum Gasteiger partial charge on any atom is -0.331 e. The fourth-order valence-corrected chi connectivity index (χ4v) is 2.31. The fraction of sp³-hybridized carbons (Fsp3) is 1.00. The van der Waals surface area contributed by atoms with Crippen LogP contribution in [0.3, 0.4) is 0 Å². The molecule has 0 aliphatic rings. The number of likely N-dealkylation sites (N-methyl/N-ethyl adjacent to an activating group) is 1. The van der Waals surface area contributed by atoms with Gasteiger partial charge in [0.15, 0.2) is 0 Å². The quantitative estimate of drug-likeness (QED) is 0.0602. The molecule has 0 saturated heterocycles. The van der Waals surface area contributed by atoms with Gasteiger partial charge in [0.05, 0.1) is 0 Å².